The molecule has 0 aliphatic carbocycles. The van der Waals surface area contributed by atoms with Gasteiger partial charge in [0.05, 0.1) is 5.69 Å². The fourth-order valence-corrected chi connectivity index (χ4v) is 2.93. The molecule has 9 nitrogen and oxygen atoms in total. The van der Waals surface area contributed by atoms with Crippen LogP contribution in [-0.2, 0) is 9.59 Å². The van der Waals surface area contributed by atoms with E-state index < -0.39 is 6.10 Å². The Hall–Kier alpha value is -3.75. The lowest BCUT2D eigenvalue weighted by Crippen LogP contribution is -2.45. The molecule has 0 fully saturated rings. The predicted octanol–water partition coefficient (Wildman–Crippen LogP) is 2.01. The molecule has 3 aromatic rings. The van der Waals surface area contributed by atoms with Gasteiger partial charge in [0.2, 0.25) is 11.9 Å². The average molecular weight is 378 g/mol. The van der Waals surface area contributed by atoms with Crippen molar-refractivity contribution in [1.82, 2.24) is 20.2 Å². The fourth-order valence-electron chi connectivity index (χ4n) is 2.93. The number of nitrogens with one attached hydrogen (secondary N) is 2. The van der Waals surface area contributed by atoms with Gasteiger partial charge in [0.1, 0.15) is 11.4 Å². The monoisotopic (exact) mass is 378 g/mol. The van der Waals surface area contributed by atoms with Crippen molar-refractivity contribution in [2.45, 2.75) is 19.4 Å². The summed E-state index contributed by atoms with van der Waals surface area (Å²) in [5.74, 6) is 0.775. The Balaban J connectivity index is 1.40. The molecule has 0 saturated carbocycles. The Bertz CT molecular complexity index is 1000. The van der Waals surface area contributed by atoms with Crippen molar-refractivity contribution in [2.24, 2.45) is 0 Å². The van der Waals surface area contributed by atoms with Crippen LogP contribution in [0.2, 0.25) is 0 Å². The number of amides is 2. The van der Waals surface area contributed by atoms with E-state index in [-0.39, 0.29) is 30.7 Å². The molecule has 3 heterocycles. The van der Waals surface area contributed by atoms with E-state index in [1.165, 1.54) is 0 Å². The van der Waals surface area contributed by atoms with Crippen LogP contribution in [0.15, 0.2) is 48.7 Å². The van der Waals surface area contributed by atoms with Crippen LogP contribution in [0.4, 0.5) is 11.6 Å². The minimum absolute atomic E-state index is 0.0975. The standard InChI is InChI=1S/C19H18N6O3/c1-12-18(27)25(14-7-2-3-8-15(14)28-12)11-9-16(26)21-19-22-17(23-24-19)13-6-4-5-10-20-13/h2-8,10,12H,9,11H2,1H3,(H2,21,22,23,24,26)/t12-/m0/s1. The predicted molar refractivity (Wildman–Crippen MR) is 102 cm³/mol. The number of pyridine rings is 1. The van der Waals surface area contributed by atoms with Gasteiger partial charge in [0.15, 0.2) is 11.9 Å². The zero-order valence-electron chi connectivity index (χ0n) is 15.1. The maximum absolute atomic E-state index is 12.5. The number of aromatic nitrogens is 4. The van der Waals surface area contributed by atoms with Crippen molar-refractivity contribution in [2.75, 3.05) is 16.8 Å². The smallest absolute Gasteiger partial charge is 0.267 e. The minimum Gasteiger partial charge on any atom is -0.479 e. The number of carbonyl (C=O) groups excluding carboxylic acids is 2. The highest BCUT2D eigenvalue weighted by atomic mass is 16.5. The van der Waals surface area contributed by atoms with Gasteiger partial charge in [0.25, 0.3) is 5.91 Å². The van der Waals surface area contributed by atoms with E-state index in [0.29, 0.717) is 23.0 Å². The number of nitrogens with zero attached hydrogens (tertiary/aromatic N) is 4. The summed E-state index contributed by atoms with van der Waals surface area (Å²) in [7, 11) is 0. The number of fused-ring (bicyclic) bond motifs is 1. The Morgan fingerprint density at radius 2 is 2.07 bits per heavy atom. The number of hydrogen-bond acceptors (Lipinski definition) is 6. The van der Waals surface area contributed by atoms with Crippen LogP contribution in [0.25, 0.3) is 11.5 Å². The number of ether oxygens (including phenoxy) is 1. The number of aromatic amines is 1. The lowest BCUT2D eigenvalue weighted by molar-refractivity contribution is -0.125. The minimum atomic E-state index is -0.591. The Kier molecular flexibility index (Phi) is 4.71. The summed E-state index contributed by atoms with van der Waals surface area (Å²) in [6, 6.07) is 12.7. The number of anilines is 2. The quantitative estimate of drug-likeness (QED) is 0.702. The number of para-hydroxylation sites is 2. The zero-order chi connectivity index (χ0) is 19.5. The van der Waals surface area contributed by atoms with Gasteiger partial charge in [-0.05, 0) is 31.2 Å². The third-order valence-corrected chi connectivity index (χ3v) is 4.28. The molecule has 0 radical (unpaired) electrons. The van der Waals surface area contributed by atoms with Crippen LogP contribution in [0.5, 0.6) is 5.75 Å². The van der Waals surface area contributed by atoms with E-state index in [1.54, 1.807) is 42.3 Å². The summed E-state index contributed by atoms with van der Waals surface area (Å²) < 4.78 is 5.60. The molecule has 142 valence electrons. The number of benzene rings is 1. The van der Waals surface area contributed by atoms with Crippen LogP contribution in [0.1, 0.15) is 13.3 Å². The van der Waals surface area contributed by atoms with Crippen LogP contribution in [-0.4, -0.2) is 44.6 Å². The number of H-pyrrole nitrogens is 1. The highest BCUT2D eigenvalue weighted by molar-refractivity contribution is 6.00. The zero-order valence-corrected chi connectivity index (χ0v) is 15.1. The Morgan fingerprint density at radius 1 is 1.25 bits per heavy atom. The molecule has 0 spiro atoms. The van der Waals surface area contributed by atoms with Crippen molar-refractivity contribution in [3.05, 3.63) is 48.7 Å². The summed E-state index contributed by atoms with van der Waals surface area (Å²) in [5.41, 5.74) is 1.29. The molecular formula is C19H18N6O3. The topological polar surface area (TPSA) is 113 Å². The highest BCUT2D eigenvalue weighted by Crippen LogP contribution is 2.33. The highest BCUT2D eigenvalue weighted by Gasteiger charge is 2.31. The molecule has 0 unspecified atom stereocenters. The third-order valence-electron chi connectivity index (χ3n) is 4.28. The molecule has 2 amide bonds. The molecular weight excluding hydrogens is 360 g/mol. The molecule has 28 heavy (non-hydrogen) atoms. The molecule has 1 aliphatic heterocycles. The van der Waals surface area contributed by atoms with Gasteiger partial charge in [-0.1, -0.05) is 18.2 Å². The maximum atomic E-state index is 12.5. The fraction of sp³-hybridized carbons (Fsp3) is 0.211. The molecule has 1 atom stereocenters. The van der Waals surface area contributed by atoms with Gasteiger partial charge < -0.3 is 9.64 Å². The molecule has 9 heteroatoms. The van der Waals surface area contributed by atoms with Gasteiger partial charge in [-0.3, -0.25) is 25.0 Å². The van der Waals surface area contributed by atoms with Crippen LogP contribution < -0.4 is 15.0 Å². The van der Waals surface area contributed by atoms with Gasteiger partial charge in [-0.25, -0.2) is 0 Å². The third kappa shape index (κ3) is 3.54. The number of rotatable bonds is 5. The first kappa shape index (κ1) is 17.7. The van der Waals surface area contributed by atoms with Crippen molar-refractivity contribution in [3.63, 3.8) is 0 Å². The van der Waals surface area contributed by atoms with Gasteiger partial charge in [-0.15, -0.1) is 5.10 Å². The van der Waals surface area contributed by atoms with Crippen molar-refractivity contribution in [3.8, 4) is 17.3 Å². The molecule has 1 aromatic carbocycles. The van der Waals surface area contributed by atoms with Crippen LogP contribution in [0.3, 0.4) is 0 Å². The van der Waals surface area contributed by atoms with E-state index in [4.69, 9.17) is 4.74 Å². The SMILES string of the molecule is C[C@@H]1Oc2ccccc2N(CCC(=O)Nc2n[nH]c(-c3ccccn3)n2)C1=O. The lowest BCUT2D eigenvalue weighted by Gasteiger charge is -2.32. The summed E-state index contributed by atoms with van der Waals surface area (Å²) in [6.07, 6.45) is 1.15. The van der Waals surface area contributed by atoms with Crippen LogP contribution in [0, 0.1) is 0 Å². The van der Waals surface area contributed by atoms with Gasteiger partial charge >= 0.3 is 0 Å². The second-order valence-corrected chi connectivity index (χ2v) is 6.24. The van der Waals surface area contributed by atoms with E-state index in [1.807, 2.05) is 18.2 Å². The normalized spacial score (nSPS) is 15.7. The molecule has 0 saturated heterocycles. The molecule has 0 bridgehead atoms. The first-order chi connectivity index (χ1) is 13.6. The van der Waals surface area contributed by atoms with E-state index in [0.717, 1.165) is 0 Å². The Labute approximate surface area is 160 Å². The largest absolute Gasteiger partial charge is 0.479 e. The molecule has 1 aliphatic rings. The second kappa shape index (κ2) is 7.47. The second-order valence-electron chi connectivity index (χ2n) is 6.24. The number of hydrogen-bond donors (Lipinski definition) is 2. The van der Waals surface area contributed by atoms with Gasteiger partial charge in [-0.2, -0.15) is 4.98 Å². The first-order valence-electron chi connectivity index (χ1n) is 8.82. The first-order valence-corrected chi connectivity index (χ1v) is 8.82. The van der Waals surface area contributed by atoms with Crippen molar-refractivity contribution >= 4 is 23.5 Å². The summed E-state index contributed by atoms with van der Waals surface area (Å²) in [6.45, 7) is 1.92. The van der Waals surface area contributed by atoms with Crippen molar-refractivity contribution < 1.29 is 14.3 Å². The molecule has 2 N–H and O–H groups in total. The summed E-state index contributed by atoms with van der Waals surface area (Å²) in [5, 5.41) is 9.35. The van der Waals surface area contributed by atoms with E-state index in [2.05, 4.69) is 25.5 Å². The van der Waals surface area contributed by atoms with E-state index >= 15 is 0 Å². The lowest BCUT2D eigenvalue weighted by atomic mass is 10.1. The van der Waals surface area contributed by atoms with Crippen molar-refractivity contribution in [1.29, 1.82) is 0 Å². The molecule has 2 aromatic heterocycles. The maximum Gasteiger partial charge on any atom is 0.267 e. The average Bonchev–Trinajstić information content (AvgIpc) is 3.17. The van der Waals surface area contributed by atoms with E-state index in [9.17, 15) is 9.59 Å². The van der Waals surface area contributed by atoms with Gasteiger partial charge in [0, 0.05) is 19.2 Å². The number of carbonyl (C=O) groups is 2. The molecule has 4 rings (SSSR count). The summed E-state index contributed by atoms with van der Waals surface area (Å²) in [4.78, 5) is 34.7. The summed E-state index contributed by atoms with van der Waals surface area (Å²) >= 11 is 0. The van der Waals surface area contributed by atoms with Crippen LogP contribution >= 0.6 is 0 Å². The Morgan fingerprint density at radius 3 is 2.89 bits per heavy atom.